The number of benzene rings is 1. The van der Waals surface area contributed by atoms with Gasteiger partial charge < -0.3 is 15.2 Å². The van der Waals surface area contributed by atoms with E-state index in [4.69, 9.17) is 5.73 Å². The Balaban J connectivity index is 2.44. The fraction of sp³-hybridized carbons (Fsp3) is 0.500. The monoisotopic (exact) mass is 246 g/mol. The molecule has 0 spiro atoms. The van der Waals surface area contributed by atoms with Crippen LogP contribution in [-0.2, 0) is 0 Å². The Bertz CT molecular complexity index is 528. The molecule has 0 saturated heterocycles. The largest absolute Gasteiger partial charge is 0.399 e. The standard InChI is InChI=1S/C14H22N4/c1-10(2)14(8-17(3)4)18-9-16-12-7-11(15)5-6-13(12)18/h5-7,9-10,14H,8,15H2,1-4H3. The van der Waals surface area contributed by atoms with Crippen LogP contribution in [-0.4, -0.2) is 35.1 Å². The third kappa shape index (κ3) is 2.48. The van der Waals surface area contributed by atoms with Crippen molar-refractivity contribution >= 4 is 16.7 Å². The number of rotatable bonds is 4. The zero-order valence-electron chi connectivity index (χ0n) is 11.6. The minimum atomic E-state index is 0.425. The van der Waals surface area contributed by atoms with Crippen molar-refractivity contribution < 1.29 is 0 Å². The number of aromatic nitrogens is 2. The highest BCUT2D eigenvalue weighted by Crippen LogP contribution is 2.25. The number of nitrogens with zero attached hydrogens (tertiary/aromatic N) is 3. The van der Waals surface area contributed by atoms with Crippen molar-refractivity contribution in [3.8, 4) is 0 Å². The zero-order valence-corrected chi connectivity index (χ0v) is 11.6. The summed E-state index contributed by atoms with van der Waals surface area (Å²) in [5, 5.41) is 0. The second-order valence-corrected chi connectivity index (χ2v) is 5.47. The third-order valence-corrected chi connectivity index (χ3v) is 3.28. The summed E-state index contributed by atoms with van der Waals surface area (Å²) in [6.45, 7) is 5.50. The second kappa shape index (κ2) is 4.98. The van der Waals surface area contributed by atoms with Crippen LogP contribution >= 0.6 is 0 Å². The molecule has 2 rings (SSSR count). The first-order valence-electron chi connectivity index (χ1n) is 6.36. The van der Waals surface area contributed by atoms with Crippen molar-refractivity contribution in [1.82, 2.24) is 14.5 Å². The van der Waals surface area contributed by atoms with E-state index < -0.39 is 0 Å². The van der Waals surface area contributed by atoms with Gasteiger partial charge in [0.15, 0.2) is 0 Å². The van der Waals surface area contributed by atoms with E-state index in [1.807, 2.05) is 18.5 Å². The zero-order chi connectivity index (χ0) is 13.3. The number of hydrogen-bond donors (Lipinski definition) is 1. The Labute approximate surface area is 108 Å². The van der Waals surface area contributed by atoms with Crippen LogP contribution in [0.25, 0.3) is 11.0 Å². The van der Waals surface area contributed by atoms with E-state index in [0.29, 0.717) is 12.0 Å². The van der Waals surface area contributed by atoms with Crippen molar-refractivity contribution in [2.45, 2.75) is 19.9 Å². The molecule has 4 heteroatoms. The van der Waals surface area contributed by atoms with Gasteiger partial charge in [-0.1, -0.05) is 13.8 Å². The number of anilines is 1. The lowest BCUT2D eigenvalue weighted by Crippen LogP contribution is -2.27. The number of fused-ring (bicyclic) bond motifs is 1. The predicted molar refractivity (Wildman–Crippen MR) is 76.6 cm³/mol. The van der Waals surface area contributed by atoms with Crippen molar-refractivity contribution in [1.29, 1.82) is 0 Å². The Morgan fingerprint density at radius 2 is 2.06 bits per heavy atom. The van der Waals surface area contributed by atoms with Crippen LogP contribution < -0.4 is 5.73 Å². The maximum absolute atomic E-state index is 5.79. The molecule has 0 aliphatic heterocycles. The molecular weight excluding hydrogens is 224 g/mol. The molecule has 0 bridgehead atoms. The molecule has 1 atom stereocenters. The lowest BCUT2D eigenvalue weighted by Gasteiger charge is -2.26. The van der Waals surface area contributed by atoms with Gasteiger partial charge in [0.25, 0.3) is 0 Å². The maximum atomic E-state index is 5.79. The molecule has 1 aromatic heterocycles. The topological polar surface area (TPSA) is 47.1 Å². The lowest BCUT2D eigenvalue weighted by molar-refractivity contribution is 0.273. The molecule has 2 aromatic rings. The van der Waals surface area contributed by atoms with Crippen molar-refractivity contribution in [3.63, 3.8) is 0 Å². The van der Waals surface area contributed by atoms with E-state index in [0.717, 1.165) is 23.3 Å². The molecule has 0 aliphatic rings. The van der Waals surface area contributed by atoms with Crippen molar-refractivity contribution in [2.24, 2.45) is 5.92 Å². The molecule has 1 aromatic carbocycles. The van der Waals surface area contributed by atoms with Crippen molar-refractivity contribution in [3.05, 3.63) is 24.5 Å². The molecule has 0 aliphatic carbocycles. The van der Waals surface area contributed by atoms with E-state index in [1.54, 1.807) is 0 Å². The molecular formula is C14H22N4. The highest BCUT2D eigenvalue weighted by Gasteiger charge is 2.18. The molecule has 1 heterocycles. The summed E-state index contributed by atoms with van der Waals surface area (Å²) >= 11 is 0. The Morgan fingerprint density at radius 1 is 1.33 bits per heavy atom. The minimum absolute atomic E-state index is 0.425. The molecule has 4 nitrogen and oxygen atoms in total. The average molecular weight is 246 g/mol. The molecule has 2 N–H and O–H groups in total. The van der Waals surface area contributed by atoms with Crippen LogP contribution in [0, 0.1) is 5.92 Å². The van der Waals surface area contributed by atoms with Gasteiger partial charge in [-0.3, -0.25) is 0 Å². The predicted octanol–water partition coefficient (Wildman–Crippen LogP) is 2.38. The summed E-state index contributed by atoms with van der Waals surface area (Å²) < 4.78 is 2.26. The lowest BCUT2D eigenvalue weighted by atomic mass is 10.0. The SMILES string of the molecule is CC(C)C(CN(C)C)n1cnc2cc(N)ccc21. The van der Waals surface area contributed by atoms with Gasteiger partial charge in [0, 0.05) is 12.2 Å². The van der Waals surface area contributed by atoms with E-state index in [-0.39, 0.29) is 0 Å². The van der Waals surface area contributed by atoms with E-state index in [9.17, 15) is 0 Å². The van der Waals surface area contributed by atoms with Gasteiger partial charge in [-0.15, -0.1) is 0 Å². The molecule has 0 amide bonds. The van der Waals surface area contributed by atoms with Gasteiger partial charge in [0.2, 0.25) is 0 Å². The highest BCUT2D eigenvalue weighted by molar-refractivity contribution is 5.79. The number of likely N-dealkylation sites (N-methyl/N-ethyl adjacent to an activating group) is 1. The van der Waals surface area contributed by atoms with Gasteiger partial charge in [-0.2, -0.15) is 0 Å². The normalized spacial score (nSPS) is 13.7. The summed E-state index contributed by atoms with van der Waals surface area (Å²) in [5.74, 6) is 0.558. The molecule has 0 radical (unpaired) electrons. The average Bonchev–Trinajstić information content (AvgIpc) is 2.67. The molecule has 0 saturated carbocycles. The van der Waals surface area contributed by atoms with E-state index in [1.165, 1.54) is 0 Å². The van der Waals surface area contributed by atoms with E-state index >= 15 is 0 Å². The fourth-order valence-corrected chi connectivity index (χ4v) is 2.31. The smallest absolute Gasteiger partial charge is 0.0961 e. The van der Waals surface area contributed by atoms with Crippen LogP contribution in [0.5, 0.6) is 0 Å². The first-order chi connectivity index (χ1) is 8.49. The van der Waals surface area contributed by atoms with E-state index in [2.05, 4.69) is 48.5 Å². The van der Waals surface area contributed by atoms with Crippen LogP contribution in [0.4, 0.5) is 5.69 Å². The van der Waals surface area contributed by atoms with Crippen LogP contribution in [0.1, 0.15) is 19.9 Å². The first kappa shape index (κ1) is 12.9. The highest BCUT2D eigenvalue weighted by atomic mass is 15.1. The Morgan fingerprint density at radius 3 is 2.67 bits per heavy atom. The molecule has 18 heavy (non-hydrogen) atoms. The number of nitrogens with two attached hydrogens (primary N) is 1. The summed E-state index contributed by atoms with van der Waals surface area (Å²) in [5.41, 5.74) is 8.69. The molecule has 98 valence electrons. The summed E-state index contributed by atoms with van der Waals surface area (Å²) in [6.07, 6.45) is 1.93. The van der Waals surface area contributed by atoms with Gasteiger partial charge in [-0.05, 0) is 38.2 Å². The quantitative estimate of drug-likeness (QED) is 0.843. The van der Waals surface area contributed by atoms with Gasteiger partial charge in [0.05, 0.1) is 23.4 Å². The molecule has 0 fully saturated rings. The number of imidazole rings is 1. The third-order valence-electron chi connectivity index (χ3n) is 3.28. The molecule has 1 unspecified atom stereocenters. The minimum Gasteiger partial charge on any atom is -0.399 e. The number of nitrogen functional groups attached to an aromatic ring is 1. The van der Waals surface area contributed by atoms with Crippen LogP contribution in [0.2, 0.25) is 0 Å². The number of hydrogen-bond acceptors (Lipinski definition) is 3. The summed E-state index contributed by atoms with van der Waals surface area (Å²) in [7, 11) is 4.21. The van der Waals surface area contributed by atoms with Gasteiger partial charge in [0.1, 0.15) is 0 Å². The van der Waals surface area contributed by atoms with Crippen LogP contribution in [0.15, 0.2) is 24.5 Å². The second-order valence-electron chi connectivity index (χ2n) is 5.47. The first-order valence-corrected chi connectivity index (χ1v) is 6.36. The summed E-state index contributed by atoms with van der Waals surface area (Å²) in [4.78, 5) is 6.67. The van der Waals surface area contributed by atoms with Crippen molar-refractivity contribution in [2.75, 3.05) is 26.4 Å². The maximum Gasteiger partial charge on any atom is 0.0961 e. The van der Waals surface area contributed by atoms with Gasteiger partial charge in [-0.25, -0.2) is 4.98 Å². The Hall–Kier alpha value is -1.55. The Kier molecular flexibility index (Phi) is 3.57. The fourth-order valence-electron chi connectivity index (χ4n) is 2.31. The van der Waals surface area contributed by atoms with Gasteiger partial charge >= 0.3 is 0 Å². The summed E-state index contributed by atoms with van der Waals surface area (Å²) in [6, 6.07) is 6.35. The van der Waals surface area contributed by atoms with Crippen LogP contribution in [0.3, 0.4) is 0 Å².